The summed E-state index contributed by atoms with van der Waals surface area (Å²) in [5.74, 6) is -0.102. The molecule has 10 heteroatoms. The molecule has 4 heterocycles. The number of nitrogens with zero attached hydrogens (tertiary/aromatic N) is 4. The summed E-state index contributed by atoms with van der Waals surface area (Å²) in [7, 11) is 1.72. The highest BCUT2D eigenvalue weighted by atomic mass is 32.1. The summed E-state index contributed by atoms with van der Waals surface area (Å²) in [5, 5.41) is 3.13. The first-order chi connectivity index (χ1) is 13.0. The molecule has 1 fully saturated rings. The van der Waals surface area contributed by atoms with E-state index in [1.165, 1.54) is 11.3 Å². The number of hydrogen-bond donors (Lipinski definition) is 2. The van der Waals surface area contributed by atoms with E-state index in [1.807, 2.05) is 6.92 Å². The van der Waals surface area contributed by atoms with E-state index in [2.05, 4.69) is 15.3 Å². The van der Waals surface area contributed by atoms with Crippen LogP contribution in [0.2, 0.25) is 0 Å². The van der Waals surface area contributed by atoms with E-state index in [0.29, 0.717) is 35.2 Å². The van der Waals surface area contributed by atoms with E-state index in [0.717, 1.165) is 23.4 Å². The summed E-state index contributed by atoms with van der Waals surface area (Å²) >= 11 is 1.31. The Kier molecular flexibility index (Phi) is 4.44. The highest BCUT2D eigenvalue weighted by Crippen LogP contribution is 2.29. The van der Waals surface area contributed by atoms with Gasteiger partial charge in [-0.15, -0.1) is 11.3 Å². The van der Waals surface area contributed by atoms with Crippen molar-refractivity contribution in [2.24, 2.45) is 12.8 Å². The summed E-state index contributed by atoms with van der Waals surface area (Å²) < 4.78 is 8.71. The highest BCUT2D eigenvalue weighted by Gasteiger charge is 2.23. The van der Waals surface area contributed by atoms with Crippen LogP contribution in [0.25, 0.3) is 11.2 Å². The van der Waals surface area contributed by atoms with Crippen molar-refractivity contribution in [3.63, 3.8) is 0 Å². The normalized spacial score (nSPS) is 15.3. The van der Waals surface area contributed by atoms with E-state index in [1.54, 1.807) is 28.4 Å². The lowest BCUT2D eigenvalue weighted by Crippen LogP contribution is -2.30. The molecule has 1 aliphatic rings. The van der Waals surface area contributed by atoms with Crippen molar-refractivity contribution in [2.45, 2.75) is 25.8 Å². The van der Waals surface area contributed by atoms with Crippen LogP contribution in [0.4, 0.5) is 11.6 Å². The van der Waals surface area contributed by atoms with Gasteiger partial charge in [0.05, 0.1) is 16.8 Å². The number of imidazole rings is 1. The van der Waals surface area contributed by atoms with E-state index in [4.69, 9.17) is 10.5 Å². The Morgan fingerprint density at radius 3 is 2.81 bits per heavy atom. The third-order valence-corrected chi connectivity index (χ3v) is 5.86. The molecule has 0 aromatic carbocycles. The first-order valence-electron chi connectivity index (χ1n) is 8.64. The zero-order valence-corrected chi connectivity index (χ0v) is 15.9. The molecule has 3 aromatic rings. The van der Waals surface area contributed by atoms with Crippen LogP contribution < -0.4 is 16.7 Å². The average Bonchev–Trinajstić information content (AvgIpc) is 3.14. The lowest BCUT2D eigenvalue weighted by molar-refractivity contribution is 0.0695. The number of primary amides is 1. The molecule has 0 bridgehead atoms. The molecule has 0 spiro atoms. The summed E-state index contributed by atoms with van der Waals surface area (Å²) in [4.78, 5) is 34.4. The van der Waals surface area contributed by atoms with E-state index >= 15 is 0 Å². The molecular formula is C17H20N6O3S. The van der Waals surface area contributed by atoms with Crippen molar-refractivity contribution < 1.29 is 9.53 Å². The predicted octanol–water partition coefficient (Wildman–Crippen LogP) is 1.69. The number of carbonyl (C=O) groups is 1. The second-order valence-corrected chi connectivity index (χ2v) is 7.78. The molecule has 142 valence electrons. The average molecular weight is 388 g/mol. The van der Waals surface area contributed by atoms with Crippen molar-refractivity contribution in [3.8, 4) is 0 Å². The SMILES string of the molecule is Cc1sc(C(N)=O)cc1Nc1ncc2c(n1)n(C1CCOCC1)c(=O)n2C. The number of rotatable bonds is 4. The molecule has 4 rings (SSSR count). The van der Waals surface area contributed by atoms with Gasteiger partial charge in [0.25, 0.3) is 5.91 Å². The maximum absolute atomic E-state index is 12.7. The lowest BCUT2D eigenvalue weighted by atomic mass is 10.1. The topological polar surface area (TPSA) is 117 Å². The number of anilines is 2. The second-order valence-electron chi connectivity index (χ2n) is 6.53. The van der Waals surface area contributed by atoms with Gasteiger partial charge in [0.2, 0.25) is 5.95 Å². The summed E-state index contributed by atoms with van der Waals surface area (Å²) in [6, 6.07) is 1.74. The minimum absolute atomic E-state index is 0.0575. The van der Waals surface area contributed by atoms with Crippen LogP contribution >= 0.6 is 11.3 Å². The number of hydrogen-bond acceptors (Lipinski definition) is 7. The minimum atomic E-state index is -0.469. The Morgan fingerprint density at radius 1 is 1.41 bits per heavy atom. The van der Waals surface area contributed by atoms with Crippen molar-refractivity contribution in [3.05, 3.63) is 32.5 Å². The molecule has 0 aliphatic carbocycles. The Hall–Kier alpha value is -2.72. The molecule has 1 amide bonds. The molecule has 1 saturated heterocycles. The number of nitrogens with two attached hydrogens (primary N) is 1. The number of fused-ring (bicyclic) bond motifs is 1. The third-order valence-electron chi connectivity index (χ3n) is 4.80. The zero-order valence-electron chi connectivity index (χ0n) is 15.1. The highest BCUT2D eigenvalue weighted by molar-refractivity contribution is 7.14. The molecule has 9 nitrogen and oxygen atoms in total. The number of ether oxygens (including phenoxy) is 1. The van der Waals surface area contributed by atoms with E-state index in [-0.39, 0.29) is 11.7 Å². The smallest absolute Gasteiger partial charge is 0.330 e. The summed E-state index contributed by atoms with van der Waals surface area (Å²) in [6.07, 6.45) is 3.19. The molecule has 27 heavy (non-hydrogen) atoms. The third kappa shape index (κ3) is 3.10. The summed E-state index contributed by atoms with van der Waals surface area (Å²) in [6.45, 7) is 3.15. The van der Waals surface area contributed by atoms with Crippen LogP contribution in [-0.4, -0.2) is 38.2 Å². The standard InChI is InChI=1S/C17H20N6O3S/c1-9-11(7-13(27-9)14(18)24)20-16-19-8-12-15(21-16)23(17(25)22(12)2)10-3-5-26-6-4-10/h7-8,10H,3-6H2,1-2H3,(H2,18,24)(H,19,20,21). The van der Waals surface area contributed by atoms with Crippen LogP contribution in [0, 0.1) is 6.92 Å². The fourth-order valence-electron chi connectivity index (χ4n) is 3.32. The van der Waals surface area contributed by atoms with Gasteiger partial charge < -0.3 is 15.8 Å². The van der Waals surface area contributed by atoms with Gasteiger partial charge in [0.1, 0.15) is 5.52 Å². The first kappa shape index (κ1) is 17.7. The van der Waals surface area contributed by atoms with Gasteiger partial charge in [-0.05, 0) is 25.8 Å². The second kappa shape index (κ2) is 6.78. The lowest BCUT2D eigenvalue weighted by Gasteiger charge is -2.22. The Balaban J connectivity index is 1.75. The van der Waals surface area contributed by atoms with Crippen molar-refractivity contribution in [1.29, 1.82) is 0 Å². The van der Waals surface area contributed by atoms with Gasteiger partial charge in [0.15, 0.2) is 5.65 Å². The number of aromatic nitrogens is 4. The van der Waals surface area contributed by atoms with Crippen LogP contribution in [0.1, 0.15) is 33.4 Å². The minimum Gasteiger partial charge on any atom is -0.381 e. The van der Waals surface area contributed by atoms with E-state index in [9.17, 15) is 9.59 Å². The molecule has 3 aromatic heterocycles. The number of amides is 1. The fraction of sp³-hybridized carbons (Fsp3) is 0.412. The van der Waals surface area contributed by atoms with Crippen LogP contribution in [0.5, 0.6) is 0 Å². The Labute approximate surface area is 158 Å². The fourth-order valence-corrected chi connectivity index (χ4v) is 4.14. The van der Waals surface area contributed by atoms with E-state index < -0.39 is 5.91 Å². The number of aryl methyl sites for hydroxylation is 2. The molecule has 0 radical (unpaired) electrons. The van der Waals surface area contributed by atoms with Crippen LogP contribution in [0.15, 0.2) is 17.1 Å². The molecule has 0 atom stereocenters. The van der Waals surface area contributed by atoms with Gasteiger partial charge in [-0.2, -0.15) is 4.98 Å². The molecule has 3 N–H and O–H groups in total. The summed E-state index contributed by atoms with van der Waals surface area (Å²) in [5.41, 5.74) is 7.24. The van der Waals surface area contributed by atoms with Crippen molar-refractivity contribution in [2.75, 3.05) is 18.5 Å². The van der Waals surface area contributed by atoms with Crippen LogP contribution in [0.3, 0.4) is 0 Å². The van der Waals surface area contributed by atoms with Gasteiger partial charge in [0, 0.05) is 31.2 Å². The van der Waals surface area contributed by atoms with Gasteiger partial charge in [-0.25, -0.2) is 9.78 Å². The van der Waals surface area contributed by atoms with Crippen molar-refractivity contribution >= 4 is 40.0 Å². The molecule has 0 unspecified atom stereocenters. The number of nitrogens with one attached hydrogen (secondary N) is 1. The maximum atomic E-state index is 12.7. The molecule has 0 saturated carbocycles. The molecule has 1 aliphatic heterocycles. The number of carbonyl (C=O) groups excluding carboxylic acids is 1. The monoisotopic (exact) mass is 388 g/mol. The van der Waals surface area contributed by atoms with Gasteiger partial charge in [-0.3, -0.25) is 13.9 Å². The first-order valence-corrected chi connectivity index (χ1v) is 9.46. The zero-order chi connectivity index (χ0) is 19.1. The Bertz CT molecular complexity index is 1080. The van der Waals surface area contributed by atoms with Gasteiger partial charge >= 0.3 is 5.69 Å². The molecular weight excluding hydrogens is 368 g/mol. The van der Waals surface area contributed by atoms with Gasteiger partial charge in [-0.1, -0.05) is 0 Å². The Morgan fingerprint density at radius 2 is 2.15 bits per heavy atom. The van der Waals surface area contributed by atoms with Crippen molar-refractivity contribution in [1.82, 2.24) is 19.1 Å². The van der Waals surface area contributed by atoms with Crippen LogP contribution in [-0.2, 0) is 11.8 Å². The predicted molar refractivity (Wildman–Crippen MR) is 103 cm³/mol. The maximum Gasteiger partial charge on any atom is 0.330 e. The number of thiophene rings is 1. The quantitative estimate of drug-likeness (QED) is 0.702. The largest absolute Gasteiger partial charge is 0.381 e.